The molecule has 0 aliphatic rings. The fraction of sp³-hybridized carbons (Fsp3) is 0.294. The molecule has 0 fully saturated rings. The number of rotatable bonds is 4. The molecule has 128 valence electrons. The molecule has 2 rings (SSSR count). The van der Waals surface area contributed by atoms with Crippen molar-refractivity contribution in [2.45, 2.75) is 32.6 Å². The number of sulfonamides is 1. The SMILES string of the molecule is Cc1ccc(C)c(S(=O)(=O)NC(=O)C=Cc2c(C)nn(C)c2C)c1. The zero-order valence-electron chi connectivity index (χ0n) is 14.4. The van der Waals surface area contributed by atoms with E-state index in [1.165, 1.54) is 6.08 Å². The molecule has 6 nitrogen and oxygen atoms in total. The van der Waals surface area contributed by atoms with Crippen molar-refractivity contribution in [1.29, 1.82) is 0 Å². The number of benzene rings is 1. The van der Waals surface area contributed by atoms with E-state index in [9.17, 15) is 13.2 Å². The molecule has 1 aromatic carbocycles. The minimum atomic E-state index is -3.90. The van der Waals surface area contributed by atoms with E-state index >= 15 is 0 Å². The molecule has 1 aromatic heterocycles. The predicted octanol–water partition coefficient (Wildman–Crippen LogP) is 2.17. The fourth-order valence-corrected chi connectivity index (χ4v) is 3.68. The van der Waals surface area contributed by atoms with Gasteiger partial charge in [0.25, 0.3) is 15.9 Å². The summed E-state index contributed by atoms with van der Waals surface area (Å²) >= 11 is 0. The summed E-state index contributed by atoms with van der Waals surface area (Å²) in [5.74, 6) is -0.696. The number of nitrogens with zero attached hydrogens (tertiary/aromatic N) is 2. The van der Waals surface area contributed by atoms with Gasteiger partial charge in [0.05, 0.1) is 10.6 Å². The number of carbonyl (C=O) groups is 1. The lowest BCUT2D eigenvalue weighted by atomic mass is 10.2. The van der Waals surface area contributed by atoms with E-state index in [4.69, 9.17) is 0 Å². The summed E-state index contributed by atoms with van der Waals surface area (Å²) in [7, 11) is -2.09. The van der Waals surface area contributed by atoms with E-state index in [1.807, 2.05) is 27.0 Å². The lowest BCUT2D eigenvalue weighted by molar-refractivity contribution is -0.114. The van der Waals surface area contributed by atoms with Crippen molar-refractivity contribution in [2.24, 2.45) is 7.05 Å². The summed E-state index contributed by atoms with van der Waals surface area (Å²) < 4.78 is 28.5. The van der Waals surface area contributed by atoms with E-state index in [0.717, 1.165) is 22.5 Å². The molecule has 24 heavy (non-hydrogen) atoms. The number of aromatic nitrogens is 2. The third-order valence-corrected chi connectivity index (χ3v) is 5.32. The van der Waals surface area contributed by atoms with Crippen LogP contribution >= 0.6 is 0 Å². The van der Waals surface area contributed by atoms with E-state index in [0.29, 0.717) is 5.56 Å². The van der Waals surface area contributed by atoms with Crippen LogP contribution in [0.15, 0.2) is 29.2 Å². The smallest absolute Gasteiger partial charge is 0.264 e. The maximum absolute atomic E-state index is 12.4. The van der Waals surface area contributed by atoms with Gasteiger partial charge >= 0.3 is 0 Å². The van der Waals surface area contributed by atoms with Gasteiger partial charge in [-0.25, -0.2) is 13.1 Å². The van der Waals surface area contributed by atoms with Crippen LogP contribution in [0.2, 0.25) is 0 Å². The van der Waals surface area contributed by atoms with Crippen LogP contribution in [0, 0.1) is 27.7 Å². The highest BCUT2D eigenvalue weighted by Crippen LogP contribution is 2.17. The van der Waals surface area contributed by atoms with Gasteiger partial charge in [-0.1, -0.05) is 12.1 Å². The molecule has 2 aromatic rings. The number of hydrogen-bond acceptors (Lipinski definition) is 4. The van der Waals surface area contributed by atoms with Crippen LogP contribution in [-0.2, 0) is 21.9 Å². The maximum Gasteiger partial charge on any atom is 0.264 e. The first kappa shape index (κ1) is 17.9. The molecule has 0 radical (unpaired) electrons. The van der Waals surface area contributed by atoms with Crippen molar-refractivity contribution in [1.82, 2.24) is 14.5 Å². The Morgan fingerprint density at radius 1 is 1.21 bits per heavy atom. The van der Waals surface area contributed by atoms with Gasteiger partial charge in [-0.3, -0.25) is 9.48 Å². The number of carbonyl (C=O) groups excluding carboxylic acids is 1. The van der Waals surface area contributed by atoms with Crippen molar-refractivity contribution in [2.75, 3.05) is 0 Å². The Bertz CT molecular complexity index is 925. The van der Waals surface area contributed by atoms with Gasteiger partial charge in [0.2, 0.25) is 0 Å². The first-order valence-corrected chi connectivity index (χ1v) is 8.92. The maximum atomic E-state index is 12.4. The van der Waals surface area contributed by atoms with Gasteiger partial charge in [-0.15, -0.1) is 0 Å². The average Bonchev–Trinajstić information content (AvgIpc) is 2.72. The van der Waals surface area contributed by atoms with Crippen molar-refractivity contribution >= 4 is 22.0 Å². The largest absolute Gasteiger partial charge is 0.272 e. The number of nitrogens with one attached hydrogen (secondary N) is 1. The topological polar surface area (TPSA) is 81.1 Å². The van der Waals surface area contributed by atoms with Crippen LogP contribution in [0.1, 0.15) is 28.1 Å². The summed E-state index contributed by atoms with van der Waals surface area (Å²) in [6, 6.07) is 5.08. The van der Waals surface area contributed by atoms with Crippen LogP contribution in [-0.4, -0.2) is 24.1 Å². The van der Waals surface area contributed by atoms with E-state index < -0.39 is 15.9 Å². The van der Waals surface area contributed by atoms with Crippen LogP contribution in [0.5, 0.6) is 0 Å². The zero-order valence-corrected chi connectivity index (χ0v) is 15.2. The van der Waals surface area contributed by atoms with E-state index in [1.54, 1.807) is 36.7 Å². The minimum absolute atomic E-state index is 0.109. The van der Waals surface area contributed by atoms with E-state index in [2.05, 4.69) is 9.82 Å². The Balaban J connectivity index is 2.22. The predicted molar refractivity (Wildman–Crippen MR) is 93.0 cm³/mol. The molecule has 0 saturated heterocycles. The van der Waals surface area contributed by atoms with Gasteiger partial charge in [0, 0.05) is 24.4 Å². The van der Waals surface area contributed by atoms with Crippen molar-refractivity contribution in [3.8, 4) is 0 Å². The lowest BCUT2D eigenvalue weighted by Crippen LogP contribution is -2.29. The van der Waals surface area contributed by atoms with Gasteiger partial charge < -0.3 is 0 Å². The third kappa shape index (κ3) is 3.73. The minimum Gasteiger partial charge on any atom is -0.272 e. The molecule has 0 bridgehead atoms. The highest BCUT2D eigenvalue weighted by Gasteiger charge is 2.19. The van der Waals surface area contributed by atoms with Crippen LogP contribution < -0.4 is 4.72 Å². The molecule has 7 heteroatoms. The summed E-state index contributed by atoms with van der Waals surface area (Å²) in [6.07, 6.45) is 2.78. The molecule has 0 saturated carbocycles. The second-order valence-corrected chi connectivity index (χ2v) is 7.43. The fourth-order valence-electron chi connectivity index (χ4n) is 2.41. The Hall–Kier alpha value is -2.41. The van der Waals surface area contributed by atoms with Gasteiger partial charge in [0.15, 0.2) is 0 Å². The number of hydrogen-bond donors (Lipinski definition) is 1. The zero-order chi connectivity index (χ0) is 18.1. The quantitative estimate of drug-likeness (QED) is 0.860. The average molecular weight is 347 g/mol. The third-order valence-electron chi connectivity index (χ3n) is 3.83. The molecule has 1 amide bonds. The molecular formula is C17H21N3O3S. The summed E-state index contributed by atoms with van der Waals surface area (Å²) in [6.45, 7) is 7.20. The summed E-state index contributed by atoms with van der Waals surface area (Å²) in [4.78, 5) is 12.1. The highest BCUT2D eigenvalue weighted by atomic mass is 32.2. The van der Waals surface area contributed by atoms with Crippen LogP contribution in [0.25, 0.3) is 6.08 Å². The first-order valence-electron chi connectivity index (χ1n) is 7.44. The molecule has 0 spiro atoms. The second-order valence-electron chi connectivity index (χ2n) is 5.78. The Morgan fingerprint density at radius 3 is 2.46 bits per heavy atom. The van der Waals surface area contributed by atoms with Gasteiger partial charge in [-0.05, 0) is 51.0 Å². The standard InChI is InChI=1S/C17H21N3O3S/c1-11-6-7-12(2)16(10-11)24(22,23)19-17(21)9-8-15-13(3)18-20(5)14(15)4/h6-10H,1-5H3,(H,19,21). The van der Waals surface area contributed by atoms with Crippen molar-refractivity contribution in [3.05, 3.63) is 52.4 Å². The number of amides is 1. The van der Waals surface area contributed by atoms with Crippen LogP contribution in [0.4, 0.5) is 0 Å². The van der Waals surface area contributed by atoms with Gasteiger partial charge in [-0.2, -0.15) is 5.10 Å². The first-order chi connectivity index (χ1) is 11.1. The summed E-state index contributed by atoms with van der Waals surface area (Å²) in [5, 5.41) is 4.25. The Labute approximate surface area is 142 Å². The normalized spacial score (nSPS) is 11.9. The number of aryl methyl sites for hydroxylation is 4. The van der Waals surface area contributed by atoms with Gasteiger partial charge in [0.1, 0.15) is 0 Å². The Morgan fingerprint density at radius 2 is 1.88 bits per heavy atom. The highest BCUT2D eigenvalue weighted by molar-refractivity contribution is 7.90. The molecule has 0 atom stereocenters. The summed E-state index contributed by atoms with van der Waals surface area (Å²) in [5.41, 5.74) is 3.87. The molecule has 1 heterocycles. The van der Waals surface area contributed by atoms with Crippen molar-refractivity contribution in [3.63, 3.8) is 0 Å². The van der Waals surface area contributed by atoms with Crippen molar-refractivity contribution < 1.29 is 13.2 Å². The molecule has 1 N–H and O–H groups in total. The molecular weight excluding hydrogens is 326 g/mol. The molecule has 0 unspecified atom stereocenters. The van der Waals surface area contributed by atoms with Crippen LogP contribution in [0.3, 0.4) is 0 Å². The second kappa shape index (κ2) is 6.60. The molecule has 0 aliphatic heterocycles. The lowest BCUT2D eigenvalue weighted by Gasteiger charge is -2.08. The van der Waals surface area contributed by atoms with E-state index in [-0.39, 0.29) is 4.90 Å². The Kier molecular flexibility index (Phi) is 4.94. The monoisotopic (exact) mass is 347 g/mol. The molecule has 0 aliphatic carbocycles.